The van der Waals surface area contributed by atoms with Crippen molar-refractivity contribution in [2.75, 3.05) is 11.4 Å². The Bertz CT molecular complexity index is 728. The van der Waals surface area contributed by atoms with Gasteiger partial charge in [-0.25, -0.2) is 0 Å². The number of nitrogens with zero attached hydrogens (tertiary/aromatic N) is 2. The maximum Gasteiger partial charge on any atom is 0.290 e. The molecule has 1 atom stereocenters. The van der Waals surface area contributed by atoms with E-state index < -0.39 is 11.9 Å². The second-order valence-corrected chi connectivity index (χ2v) is 5.50. The summed E-state index contributed by atoms with van der Waals surface area (Å²) in [4.78, 5) is 26.0. The highest BCUT2D eigenvalue weighted by atomic mass is 35.5. The van der Waals surface area contributed by atoms with Crippen LogP contribution in [-0.2, 0) is 4.79 Å². The molecule has 2 amide bonds. The van der Waals surface area contributed by atoms with Gasteiger partial charge in [-0.2, -0.15) is 0 Å². The Morgan fingerprint density at radius 3 is 2.91 bits per heavy atom. The molecule has 1 fully saturated rings. The molecule has 3 rings (SSSR count). The summed E-state index contributed by atoms with van der Waals surface area (Å²) in [6.07, 6.45) is 0.517. The molecule has 1 N–H and O–H groups in total. The van der Waals surface area contributed by atoms with E-state index >= 15 is 0 Å². The Morgan fingerprint density at radius 2 is 2.23 bits per heavy atom. The van der Waals surface area contributed by atoms with Gasteiger partial charge in [-0.05, 0) is 25.5 Å². The topological polar surface area (TPSA) is 75.4 Å². The number of carbonyl (C=O) groups is 2. The third kappa shape index (κ3) is 2.69. The Labute approximate surface area is 132 Å². The Balaban J connectivity index is 1.72. The lowest BCUT2D eigenvalue weighted by atomic mass is 10.2. The number of hydrogen-bond donors (Lipinski definition) is 1. The minimum atomic E-state index is -0.589. The Hall–Kier alpha value is -2.34. The number of aryl methyl sites for hydroxylation is 1. The van der Waals surface area contributed by atoms with Crippen molar-refractivity contribution in [2.24, 2.45) is 0 Å². The molecule has 0 aliphatic carbocycles. The second kappa shape index (κ2) is 5.81. The van der Waals surface area contributed by atoms with Gasteiger partial charge in [0.2, 0.25) is 11.7 Å². The number of nitrogens with one attached hydrogen (secondary N) is 1. The summed E-state index contributed by atoms with van der Waals surface area (Å²) >= 11 is 6.12. The summed E-state index contributed by atoms with van der Waals surface area (Å²) in [6, 6.07) is 8.07. The third-order valence-corrected chi connectivity index (χ3v) is 3.83. The van der Waals surface area contributed by atoms with Gasteiger partial charge < -0.3 is 14.7 Å². The quantitative estimate of drug-likeness (QED) is 0.940. The van der Waals surface area contributed by atoms with Gasteiger partial charge in [-0.1, -0.05) is 28.9 Å². The number of amides is 2. The molecule has 0 unspecified atom stereocenters. The van der Waals surface area contributed by atoms with Crippen LogP contribution in [0.3, 0.4) is 0 Å². The molecule has 1 saturated heterocycles. The van der Waals surface area contributed by atoms with Crippen molar-refractivity contribution in [3.05, 3.63) is 46.8 Å². The SMILES string of the molecule is Cc1cc(C(=O)N[C@@H]2CCN(c3ccccc3Cl)C2=O)on1. The first-order valence-electron chi connectivity index (χ1n) is 6.86. The third-order valence-electron chi connectivity index (χ3n) is 3.51. The van der Waals surface area contributed by atoms with Gasteiger partial charge in [0, 0.05) is 12.6 Å². The number of carbonyl (C=O) groups excluding carboxylic acids is 2. The number of aromatic nitrogens is 1. The van der Waals surface area contributed by atoms with Gasteiger partial charge in [0.15, 0.2) is 0 Å². The minimum Gasteiger partial charge on any atom is -0.351 e. The van der Waals surface area contributed by atoms with Crippen molar-refractivity contribution in [1.82, 2.24) is 10.5 Å². The number of hydrogen-bond acceptors (Lipinski definition) is 4. The smallest absolute Gasteiger partial charge is 0.290 e. The summed E-state index contributed by atoms with van der Waals surface area (Å²) in [6.45, 7) is 2.23. The first-order valence-corrected chi connectivity index (χ1v) is 7.24. The number of halogens is 1. The van der Waals surface area contributed by atoms with Gasteiger partial charge in [-0.15, -0.1) is 0 Å². The van der Waals surface area contributed by atoms with Crippen LogP contribution in [0.4, 0.5) is 5.69 Å². The molecular formula is C15H14ClN3O3. The lowest BCUT2D eigenvalue weighted by Gasteiger charge is -2.18. The van der Waals surface area contributed by atoms with Crippen LogP contribution in [0.1, 0.15) is 22.7 Å². The fourth-order valence-corrected chi connectivity index (χ4v) is 2.66. The van der Waals surface area contributed by atoms with Crippen molar-refractivity contribution >= 4 is 29.1 Å². The van der Waals surface area contributed by atoms with Crippen LogP contribution in [-0.4, -0.2) is 29.6 Å². The average molecular weight is 320 g/mol. The van der Waals surface area contributed by atoms with Crippen LogP contribution < -0.4 is 10.2 Å². The predicted molar refractivity (Wildman–Crippen MR) is 80.9 cm³/mol. The van der Waals surface area contributed by atoms with Crippen LogP contribution in [0.2, 0.25) is 5.02 Å². The van der Waals surface area contributed by atoms with Gasteiger partial charge in [-0.3, -0.25) is 9.59 Å². The van der Waals surface area contributed by atoms with Crippen molar-refractivity contribution in [3.8, 4) is 0 Å². The zero-order chi connectivity index (χ0) is 15.7. The molecule has 0 radical (unpaired) electrons. The monoisotopic (exact) mass is 319 g/mol. The van der Waals surface area contributed by atoms with Crippen LogP contribution in [0, 0.1) is 6.92 Å². The van der Waals surface area contributed by atoms with E-state index in [2.05, 4.69) is 10.5 Å². The molecule has 1 aromatic heterocycles. The lowest BCUT2D eigenvalue weighted by Crippen LogP contribution is -2.41. The van der Waals surface area contributed by atoms with Crippen molar-refractivity contribution in [2.45, 2.75) is 19.4 Å². The number of rotatable bonds is 3. The van der Waals surface area contributed by atoms with Crippen LogP contribution in [0.5, 0.6) is 0 Å². The first-order chi connectivity index (χ1) is 10.6. The Morgan fingerprint density at radius 1 is 1.45 bits per heavy atom. The zero-order valence-corrected chi connectivity index (χ0v) is 12.6. The second-order valence-electron chi connectivity index (χ2n) is 5.09. The molecule has 0 bridgehead atoms. The molecule has 7 heteroatoms. The highest BCUT2D eigenvalue weighted by Gasteiger charge is 2.35. The van der Waals surface area contributed by atoms with Crippen molar-refractivity contribution in [3.63, 3.8) is 0 Å². The maximum atomic E-state index is 12.4. The van der Waals surface area contributed by atoms with Crippen LogP contribution >= 0.6 is 11.6 Å². The molecule has 0 saturated carbocycles. The van der Waals surface area contributed by atoms with E-state index in [0.717, 1.165) is 0 Å². The van der Waals surface area contributed by atoms with E-state index in [4.69, 9.17) is 16.1 Å². The van der Waals surface area contributed by atoms with E-state index in [1.807, 2.05) is 6.07 Å². The first kappa shape index (κ1) is 14.6. The molecule has 114 valence electrons. The van der Waals surface area contributed by atoms with Gasteiger partial charge in [0.05, 0.1) is 16.4 Å². The normalized spacial score (nSPS) is 17.8. The average Bonchev–Trinajstić information content (AvgIpc) is 3.07. The zero-order valence-electron chi connectivity index (χ0n) is 11.9. The van der Waals surface area contributed by atoms with E-state index in [1.165, 1.54) is 6.07 Å². The number of benzene rings is 1. The molecule has 22 heavy (non-hydrogen) atoms. The summed E-state index contributed by atoms with van der Waals surface area (Å²) in [5.41, 5.74) is 1.27. The van der Waals surface area contributed by atoms with Gasteiger partial charge in [0.1, 0.15) is 6.04 Å². The molecule has 0 spiro atoms. The maximum absolute atomic E-state index is 12.4. The highest BCUT2D eigenvalue weighted by Crippen LogP contribution is 2.29. The predicted octanol–water partition coefficient (Wildman–Crippen LogP) is 2.17. The number of para-hydroxylation sites is 1. The van der Waals surface area contributed by atoms with Crippen molar-refractivity contribution < 1.29 is 14.1 Å². The minimum absolute atomic E-state index is 0.0986. The van der Waals surface area contributed by atoms with E-state index in [-0.39, 0.29) is 11.7 Å². The molecular weight excluding hydrogens is 306 g/mol. The largest absolute Gasteiger partial charge is 0.351 e. The summed E-state index contributed by atoms with van der Waals surface area (Å²) < 4.78 is 4.89. The summed E-state index contributed by atoms with van der Waals surface area (Å²) in [7, 11) is 0. The fraction of sp³-hybridized carbons (Fsp3) is 0.267. The van der Waals surface area contributed by atoms with Crippen LogP contribution in [0.25, 0.3) is 0 Å². The molecule has 2 aromatic rings. The standard InChI is InChI=1S/C15H14ClN3O3/c1-9-8-13(22-18-9)14(20)17-11-6-7-19(15(11)21)12-5-3-2-4-10(12)16/h2-5,8,11H,6-7H2,1H3,(H,17,20)/t11-/m1/s1. The molecule has 2 heterocycles. The van der Waals surface area contributed by atoms with E-state index in [1.54, 1.807) is 30.0 Å². The van der Waals surface area contributed by atoms with E-state index in [9.17, 15) is 9.59 Å². The van der Waals surface area contributed by atoms with Gasteiger partial charge in [0.25, 0.3) is 5.91 Å². The molecule has 1 aromatic carbocycles. The van der Waals surface area contributed by atoms with E-state index in [0.29, 0.717) is 29.4 Å². The molecule has 1 aliphatic heterocycles. The van der Waals surface area contributed by atoms with Crippen LogP contribution in [0.15, 0.2) is 34.9 Å². The van der Waals surface area contributed by atoms with Gasteiger partial charge >= 0.3 is 0 Å². The Kier molecular flexibility index (Phi) is 3.85. The summed E-state index contributed by atoms with van der Waals surface area (Å²) in [5, 5.41) is 6.84. The van der Waals surface area contributed by atoms with Crippen molar-refractivity contribution in [1.29, 1.82) is 0 Å². The molecule has 6 nitrogen and oxygen atoms in total. The molecule has 1 aliphatic rings. The fourth-order valence-electron chi connectivity index (χ4n) is 2.42. The highest BCUT2D eigenvalue weighted by molar-refractivity contribution is 6.34. The summed E-state index contributed by atoms with van der Waals surface area (Å²) in [5.74, 6) is -0.529. The lowest BCUT2D eigenvalue weighted by molar-refractivity contribution is -0.118. The number of anilines is 1.